The smallest absolute Gasteiger partial charge is 0.262 e. The molecule has 0 aliphatic rings. The van der Waals surface area contributed by atoms with E-state index in [1.165, 1.54) is 22.2 Å². The number of carbonyl (C=O) groups excluding carboxylic acids is 1. The molecule has 5 nitrogen and oxygen atoms in total. The van der Waals surface area contributed by atoms with Gasteiger partial charge in [-0.15, -0.1) is 11.3 Å². The Hall–Kier alpha value is -2.18. The average molecular weight is 390 g/mol. The van der Waals surface area contributed by atoms with E-state index in [1.807, 2.05) is 32.9 Å². The maximum absolute atomic E-state index is 12.6. The molecule has 0 saturated heterocycles. The fourth-order valence-corrected chi connectivity index (χ4v) is 3.91. The molecule has 1 atom stereocenters. The van der Waals surface area contributed by atoms with Gasteiger partial charge in [0.15, 0.2) is 0 Å². The van der Waals surface area contributed by atoms with Gasteiger partial charge in [0, 0.05) is 22.9 Å². The van der Waals surface area contributed by atoms with E-state index >= 15 is 0 Å². The van der Waals surface area contributed by atoms with Crippen molar-refractivity contribution >= 4 is 39.1 Å². The molecule has 0 fully saturated rings. The zero-order chi connectivity index (χ0) is 18.8. The standard InChI is InChI=1S/C19H20ClN3O2S/c1-11-13(3)26-18-17(11)19(25)23(10-21-18)9-8-16(24)22-12(2)14-4-6-15(20)7-5-14/h4-7,10,12H,8-9H2,1-3H3,(H,22,24). The van der Waals surface area contributed by atoms with Crippen LogP contribution in [0.5, 0.6) is 0 Å². The Balaban J connectivity index is 1.67. The SMILES string of the molecule is Cc1sc2ncn(CCC(=O)NC(C)c3ccc(Cl)cc3)c(=O)c2c1C. The molecule has 1 aromatic carbocycles. The summed E-state index contributed by atoms with van der Waals surface area (Å²) in [5, 5.41) is 4.26. The van der Waals surface area contributed by atoms with Crippen LogP contribution >= 0.6 is 22.9 Å². The van der Waals surface area contributed by atoms with Gasteiger partial charge in [0.05, 0.1) is 17.8 Å². The summed E-state index contributed by atoms with van der Waals surface area (Å²) in [6, 6.07) is 7.24. The highest BCUT2D eigenvalue weighted by atomic mass is 35.5. The largest absolute Gasteiger partial charge is 0.350 e. The lowest BCUT2D eigenvalue weighted by Crippen LogP contribution is -2.29. The van der Waals surface area contributed by atoms with Gasteiger partial charge in [0.25, 0.3) is 5.56 Å². The minimum atomic E-state index is -0.126. The topological polar surface area (TPSA) is 64.0 Å². The Bertz CT molecular complexity index is 1010. The highest BCUT2D eigenvalue weighted by Gasteiger charge is 2.14. The third kappa shape index (κ3) is 3.81. The number of nitrogens with one attached hydrogen (secondary N) is 1. The molecule has 0 saturated carbocycles. The zero-order valence-electron chi connectivity index (χ0n) is 14.9. The lowest BCUT2D eigenvalue weighted by Gasteiger charge is -2.14. The summed E-state index contributed by atoms with van der Waals surface area (Å²) in [4.78, 5) is 31.1. The van der Waals surface area contributed by atoms with Gasteiger partial charge in [0.2, 0.25) is 5.91 Å². The molecule has 1 unspecified atom stereocenters. The number of halogens is 1. The predicted octanol–water partition coefficient (Wildman–Crippen LogP) is 4.00. The molecule has 0 radical (unpaired) electrons. The summed E-state index contributed by atoms with van der Waals surface area (Å²) >= 11 is 7.40. The Morgan fingerprint density at radius 2 is 2.00 bits per heavy atom. The number of aromatic nitrogens is 2. The summed E-state index contributed by atoms with van der Waals surface area (Å²) < 4.78 is 1.51. The maximum Gasteiger partial charge on any atom is 0.262 e. The molecule has 0 spiro atoms. The van der Waals surface area contributed by atoms with E-state index in [-0.39, 0.29) is 23.9 Å². The van der Waals surface area contributed by atoms with Gasteiger partial charge in [-0.1, -0.05) is 23.7 Å². The van der Waals surface area contributed by atoms with Crippen LogP contribution in [0.25, 0.3) is 10.2 Å². The molecule has 2 aromatic heterocycles. The highest BCUT2D eigenvalue weighted by Crippen LogP contribution is 2.25. The predicted molar refractivity (Wildman–Crippen MR) is 106 cm³/mol. The van der Waals surface area contributed by atoms with Crippen molar-refractivity contribution in [1.82, 2.24) is 14.9 Å². The maximum atomic E-state index is 12.6. The number of benzene rings is 1. The molecule has 7 heteroatoms. The normalized spacial score (nSPS) is 12.3. The van der Waals surface area contributed by atoms with Crippen LogP contribution in [0.1, 0.15) is 35.4 Å². The molecular formula is C19H20ClN3O2S. The summed E-state index contributed by atoms with van der Waals surface area (Å²) in [6.45, 7) is 6.13. The van der Waals surface area contributed by atoms with E-state index in [1.54, 1.807) is 12.1 Å². The molecule has 0 aliphatic carbocycles. The minimum Gasteiger partial charge on any atom is -0.350 e. The average Bonchev–Trinajstić information content (AvgIpc) is 2.90. The van der Waals surface area contributed by atoms with Gasteiger partial charge in [-0.05, 0) is 44.0 Å². The van der Waals surface area contributed by atoms with Crippen molar-refractivity contribution in [2.45, 2.75) is 39.8 Å². The Kier molecular flexibility index (Phi) is 5.44. The van der Waals surface area contributed by atoms with Crippen molar-refractivity contribution in [3.8, 4) is 0 Å². The summed E-state index contributed by atoms with van der Waals surface area (Å²) in [6.07, 6.45) is 1.74. The Labute approximate surface area is 160 Å². The van der Waals surface area contributed by atoms with Gasteiger partial charge in [-0.3, -0.25) is 14.2 Å². The first kappa shape index (κ1) is 18.6. The van der Waals surface area contributed by atoms with Crippen LogP contribution in [0.3, 0.4) is 0 Å². The van der Waals surface area contributed by atoms with E-state index < -0.39 is 0 Å². The molecule has 3 rings (SSSR count). The first-order valence-electron chi connectivity index (χ1n) is 8.36. The quantitative estimate of drug-likeness (QED) is 0.717. The van der Waals surface area contributed by atoms with Crippen LogP contribution in [0.2, 0.25) is 5.02 Å². The lowest BCUT2D eigenvalue weighted by molar-refractivity contribution is -0.121. The van der Waals surface area contributed by atoms with E-state index in [2.05, 4.69) is 10.3 Å². The molecule has 136 valence electrons. The number of aryl methyl sites for hydroxylation is 3. The van der Waals surface area contributed by atoms with Gasteiger partial charge >= 0.3 is 0 Å². The monoisotopic (exact) mass is 389 g/mol. The Morgan fingerprint density at radius 3 is 2.69 bits per heavy atom. The van der Waals surface area contributed by atoms with Crippen molar-refractivity contribution < 1.29 is 4.79 Å². The molecule has 26 heavy (non-hydrogen) atoms. The molecular weight excluding hydrogens is 370 g/mol. The van der Waals surface area contributed by atoms with Crippen LogP contribution in [0.15, 0.2) is 35.4 Å². The second kappa shape index (κ2) is 7.60. The molecule has 0 aliphatic heterocycles. The Morgan fingerprint density at radius 1 is 1.31 bits per heavy atom. The van der Waals surface area contributed by atoms with Crippen molar-refractivity contribution in [3.05, 3.63) is 62.0 Å². The first-order valence-corrected chi connectivity index (χ1v) is 9.56. The summed E-state index contributed by atoms with van der Waals surface area (Å²) in [5.41, 5.74) is 1.86. The number of hydrogen-bond acceptors (Lipinski definition) is 4. The number of hydrogen-bond donors (Lipinski definition) is 1. The minimum absolute atomic E-state index is 0.0876. The fourth-order valence-electron chi connectivity index (χ4n) is 2.80. The number of rotatable bonds is 5. The second-order valence-corrected chi connectivity index (χ2v) is 7.94. The van der Waals surface area contributed by atoms with Crippen LogP contribution in [0, 0.1) is 13.8 Å². The number of thiophene rings is 1. The summed E-state index contributed by atoms with van der Waals surface area (Å²) in [7, 11) is 0. The highest BCUT2D eigenvalue weighted by molar-refractivity contribution is 7.18. The van der Waals surface area contributed by atoms with E-state index in [9.17, 15) is 9.59 Å². The molecule has 1 N–H and O–H groups in total. The van der Waals surface area contributed by atoms with Gasteiger partial charge in [-0.2, -0.15) is 0 Å². The number of amides is 1. The van der Waals surface area contributed by atoms with E-state index in [4.69, 9.17) is 11.6 Å². The first-order chi connectivity index (χ1) is 12.4. The van der Waals surface area contributed by atoms with Crippen LogP contribution < -0.4 is 10.9 Å². The molecule has 3 aromatic rings. The van der Waals surface area contributed by atoms with Gasteiger partial charge < -0.3 is 5.32 Å². The molecule has 1 amide bonds. The second-order valence-electron chi connectivity index (χ2n) is 6.30. The van der Waals surface area contributed by atoms with Crippen molar-refractivity contribution in [2.75, 3.05) is 0 Å². The fraction of sp³-hybridized carbons (Fsp3) is 0.316. The summed E-state index contributed by atoms with van der Waals surface area (Å²) in [5.74, 6) is -0.113. The van der Waals surface area contributed by atoms with Gasteiger partial charge in [-0.25, -0.2) is 4.98 Å². The lowest BCUT2D eigenvalue weighted by atomic mass is 10.1. The third-order valence-corrected chi connectivity index (χ3v) is 5.85. The number of carbonyl (C=O) groups is 1. The van der Waals surface area contributed by atoms with Crippen LogP contribution in [0.4, 0.5) is 0 Å². The van der Waals surface area contributed by atoms with Crippen LogP contribution in [-0.2, 0) is 11.3 Å². The number of nitrogens with zero attached hydrogens (tertiary/aromatic N) is 2. The van der Waals surface area contributed by atoms with Crippen LogP contribution in [-0.4, -0.2) is 15.5 Å². The molecule has 0 bridgehead atoms. The zero-order valence-corrected chi connectivity index (χ0v) is 16.4. The third-order valence-electron chi connectivity index (χ3n) is 4.48. The van der Waals surface area contributed by atoms with Crippen molar-refractivity contribution in [3.63, 3.8) is 0 Å². The molecule has 2 heterocycles. The van der Waals surface area contributed by atoms with E-state index in [0.717, 1.165) is 20.8 Å². The van der Waals surface area contributed by atoms with E-state index in [0.29, 0.717) is 17.0 Å². The van der Waals surface area contributed by atoms with Crippen molar-refractivity contribution in [1.29, 1.82) is 0 Å². The van der Waals surface area contributed by atoms with Crippen molar-refractivity contribution in [2.24, 2.45) is 0 Å². The number of fused-ring (bicyclic) bond motifs is 1. The van der Waals surface area contributed by atoms with Gasteiger partial charge in [0.1, 0.15) is 4.83 Å².